The van der Waals surface area contributed by atoms with E-state index in [-0.39, 0.29) is 30.0 Å². The summed E-state index contributed by atoms with van der Waals surface area (Å²) in [6, 6.07) is 6.58. The van der Waals surface area contributed by atoms with Crippen molar-refractivity contribution in [1.82, 2.24) is 14.7 Å². The first kappa shape index (κ1) is 21.5. The summed E-state index contributed by atoms with van der Waals surface area (Å²) >= 11 is 0. The van der Waals surface area contributed by atoms with E-state index < -0.39 is 24.4 Å². The molecule has 1 N–H and O–H groups in total. The number of nitrogens with zero attached hydrogens (tertiary/aromatic N) is 3. The van der Waals surface area contributed by atoms with E-state index in [0.717, 1.165) is 12.8 Å². The van der Waals surface area contributed by atoms with Crippen LogP contribution in [0.1, 0.15) is 37.9 Å². The van der Waals surface area contributed by atoms with Gasteiger partial charge in [0.2, 0.25) is 0 Å². The number of carbonyl (C=O) groups is 1. The summed E-state index contributed by atoms with van der Waals surface area (Å²) < 4.78 is 48.2. The highest BCUT2D eigenvalue weighted by molar-refractivity contribution is 5.81. The molecule has 2 aromatic rings. The smallest absolute Gasteiger partial charge is 0.263 e. The summed E-state index contributed by atoms with van der Waals surface area (Å²) in [7, 11) is 0. The first-order valence-electron chi connectivity index (χ1n) is 10.6. The van der Waals surface area contributed by atoms with E-state index in [0.29, 0.717) is 24.6 Å². The first-order valence-corrected chi connectivity index (χ1v) is 10.6. The molecule has 168 valence electrons. The summed E-state index contributed by atoms with van der Waals surface area (Å²) in [4.78, 5) is 14.6. The molecule has 0 aliphatic carbocycles. The predicted molar refractivity (Wildman–Crippen MR) is 110 cm³/mol. The Balaban J connectivity index is 1.43. The number of benzene rings is 1. The number of carbonyl (C=O) groups excluding carboxylic acids is 1. The molecule has 1 amide bonds. The third kappa shape index (κ3) is 4.50. The molecule has 1 saturated heterocycles. The molecule has 4 rings (SSSR count). The monoisotopic (exact) mass is 436 g/mol. The molecule has 6 nitrogen and oxygen atoms in total. The molecule has 4 atom stereocenters. The molecular formula is C22H27F3N4O2. The lowest BCUT2D eigenvalue weighted by Gasteiger charge is -2.41. The number of para-hydroxylation sites is 1. The van der Waals surface area contributed by atoms with Crippen LogP contribution in [0.3, 0.4) is 0 Å². The maximum atomic E-state index is 13.9. The van der Waals surface area contributed by atoms with Gasteiger partial charge >= 0.3 is 0 Å². The van der Waals surface area contributed by atoms with Gasteiger partial charge in [-0.2, -0.15) is 5.10 Å². The second kappa shape index (κ2) is 8.80. The van der Waals surface area contributed by atoms with Gasteiger partial charge in [0.1, 0.15) is 11.9 Å². The van der Waals surface area contributed by atoms with E-state index in [1.165, 1.54) is 16.8 Å². The zero-order chi connectivity index (χ0) is 22.1. The Hall–Kier alpha value is -2.71. The Morgan fingerprint density at radius 3 is 2.84 bits per heavy atom. The van der Waals surface area contributed by atoms with Crippen molar-refractivity contribution in [2.45, 2.75) is 57.7 Å². The molecule has 0 bridgehead atoms. The van der Waals surface area contributed by atoms with Crippen LogP contribution >= 0.6 is 0 Å². The maximum absolute atomic E-state index is 13.9. The SMILES string of the molecule is Cc1cc2n(n1)[C@@H](C(F)F)C[C@@H]([C@@H]1CCCN(C(=O)[C@H](C)Oc3ccccc3F)C1)N2. The average Bonchev–Trinajstić information content (AvgIpc) is 3.14. The number of anilines is 1. The van der Waals surface area contributed by atoms with E-state index >= 15 is 0 Å². The molecule has 0 radical (unpaired) electrons. The molecule has 1 fully saturated rings. The topological polar surface area (TPSA) is 59.4 Å². The van der Waals surface area contributed by atoms with Crippen LogP contribution in [0.15, 0.2) is 30.3 Å². The van der Waals surface area contributed by atoms with Gasteiger partial charge in [-0.15, -0.1) is 0 Å². The summed E-state index contributed by atoms with van der Waals surface area (Å²) in [5, 5.41) is 7.57. The molecule has 9 heteroatoms. The van der Waals surface area contributed by atoms with E-state index in [9.17, 15) is 18.0 Å². The number of rotatable bonds is 5. The third-order valence-electron chi connectivity index (χ3n) is 6.12. The molecule has 0 spiro atoms. The van der Waals surface area contributed by atoms with Crippen molar-refractivity contribution in [3.8, 4) is 5.75 Å². The largest absolute Gasteiger partial charge is 0.478 e. The number of hydrogen-bond donors (Lipinski definition) is 1. The normalized spacial score (nSPS) is 24.5. The van der Waals surface area contributed by atoms with Gasteiger partial charge in [0.25, 0.3) is 12.3 Å². The molecule has 0 unspecified atom stereocenters. The van der Waals surface area contributed by atoms with Gasteiger partial charge in [-0.05, 0) is 51.2 Å². The lowest BCUT2D eigenvalue weighted by Crippen LogP contribution is -2.50. The van der Waals surface area contributed by atoms with Crippen molar-refractivity contribution >= 4 is 11.7 Å². The van der Waals surface area contributed by atoms with Gasteiger partial charge < -0.3 is 15.0 Å². The Kier molecular flexibility index (Phi) is 6.11. The van der Waals surface area contributed by atoms with Crippen LogP contribution in [0.25, 0.3) is 0 Å². The van der Waals surface area contributed by atoms with Crippen LogP contribution in [0.4, 0.5) is 19.0 Å². The summed E-state index contributed by atoms with van der Waals surface area (Å²) in [6.45, 7) is 4.40. The fourth-order valence-electron chi connectivity index (χ4n) is 4.58. The fourth-order valence-corrected chi connectivity index (χ4v) is 4.58. The molecule has 1 aromatic heterocycles. The van der Waals surface area contributed by atoms with Crippen LogP contribution in [0, 0.1) is 18.7 Å². The lowest BCUT2D eigenvalue weighted by atomic mass is 9.86. The number of halogens is 3. The predicted octanol–water partition coefficient (Wildman–Crippen LogP) is 4.03. The highest BCUT2D eigenvalue weighted by Gasteiger charge is 2.39. The van der Waals surface area contributed by atoms with E-state index in [1.54, 1.807) is 36.9 Å². The van der Waals surface area contributed by atoms with Crippen molar-refractivity contribution < 1.29 is 22.7 Å². The van der Waals surface area contributed by atoms with Gasteiger partial charge in [-0.1, -0.05) is 12.1 Å². The Morgan fingerprint density at radius 1 is 1.32 bits per heavy atom. The fraction of sp³-hybridized carbons (Fsp3) is 0.545. The molecule has 2 aliphatic rings. The summed E-state index contributed by atoms with van der Waals surface area (Å²) in [6.07, 6.45) is -1.49. The molecule has 31 heavy (non-hydrogen) atoms. The summed E-state index contributed by atoms with van der Waals surface area (Å²) in [5.74, 6) is -0.0818. The van der Waals surface area contributed by atoms with Crippen molar-refractivity contribution in [3.05, 3.63) is 41.8 Å². The number of alkyl halides is 2. The standard InChI is InChI=1S/C22H27F3N4O2/c1-13-10-20-26-17(11-18(21(24)25)29(20)27-13)15-6-5-9-28(12-15)22(30)14(2)31-19-8-4-3-7-16(19)23/h3-4,7-8,10,14-15,17-18,21,26H,5-6,9,11-12H2,1-2H3/t14-,15+,17-,18+/m0/s1. The van der Waals surface area contributed by atoms with Crippen molar-refractivity contribution in [3.63, 3.8) is 0 Å². The number of likely N-dealkylation sites (tertiary alicyclic amines) is 1. The Labute approximate surface area is 179 Å². The highest BCUT2D eigenvalue weighted by Crippen LogP contribution is 2.36. The van der Waals surface area contributed by atoms with Gasteiger partial charge in [0, 0.05) is 25.2 Å². The minimum Gasteiger partial charge on any atom is -0.478 e. The van der Waals surface area contributed by atoms with Crippen LogP contribution in [0.2, 0.25) is 0 Å². The number of hydrogen-bond acceptors (Lipinski definition) is 4. The zero-order valence-electron chi connectivity index (χ0n) is 17.6. The number of nitrogens with one attached hydrogen (secondary N) is 1. The zero-order valence-corrected chi connectivity index (χ0v) is 17.6. The molecule has 1 aromatic carbocycles. The van der Waals surface area contributed by atoms with Crippen molar-refractivity contribution in [2.75, 3.05) is 18.4 Å². The van der Waals surface area contributed by atoms with Crippen LogP contribution in [-0.2, 0) is 4.79 Å². The van der Waals surface area contributed by atoms with Crippen molar-refractivity contribution in [2.24, 2.45) is 5.92 Å². The number of piperidine rings is 1. The average molecular weight is 436 g/mol. The Morgan fingerprint density at radius 2 is 2.10 bits per heavy atom. The van der Waals surface area contributed by atoms with Crippen LogP contribution in [0.5, 0.6) is 5.75 Å². The Bertz CT molecular complexity index is 935. The maximum Gasteiger partial charge on any atom is 0.263 e. The van der Waals surface area contributed by atoms with E-state index in [1.807, 2.05) is 0 Å². The molecule has 0 saturated carbocycles. The highest BCUT2D eigenvalue weighted by atomic mass is 19.3. The van der Waals surface area contributed by atoms with Gasteiger partial charge in [-0.3, -0.25) is 4.79 Å². The second-order valence-electron chi connectivity index (χ2n) is 8.38. The van der Waals surface area contributed by atoms with Crippen LogP contribution in [-0.4, -0.2) is 52.2 Å². The molecule has 3 heterocycles. The minimum absolute atomic E-state index is 0.0311. The number of aromatic nitrogens is 2. The lowest BCUT2D eigenvalue weighted by molar-refractivity contribution is -0.140. The van der Waals surface area contributed by atoms with Gasteiger partial charge in [0.05, 0.1) is 5.69 Å². The minimum atomic E-state index is -2.52. The molecule has 2 aliphatic heterocycles. The van der Waals surface area contributed by atoms with Crippen molar-refractivity contribution in [1.29, 1.82) is 0 Å². The second-order valence-corrected chi connectivity index (χ2v) is 8.38. The van der Waals surface area contributed by atoms with E-state index in [2.05, 4.69) is 10.4 Å². The number of fused-ring (bicyclic) bond motifs is 1. The number of aryl methyl sites for hydroxylation is 1. The van der Waals surface area contributed by atoms with Gasteiger partial charge in [-0.25, -0.2) is 17.9 Å². The number of ether oxygens (including phenoxy) is 1. The first-order chi connectivity index (χ1) is 14.8. The summed E-state index contributed by atoms with van der Waals surface area (Å²) in [5.41, 5.74) is 0.688. The van der Waals surface area contributed by atoms with Crippen LogP contribution < -0.4 is 10.1 Å². The third-order valence-corrected chi connectivity index (χ3v) is 6.12. The van der Waals surface area contributed by atoms with Gasteiger partial charge in [0.15, 0.2) is 17.7 Å². The quantitative estimate of drug-likeness (QED) is 0.769. The van der Waals surface area contributed by atoms with E-state index in [4.69, 9.17) is 4.74 Å². The number of amides is 1. The molecular weight excluding hydrogens is 409 g/mol.